The fourth-order valence-corrected chi connectivity index (χ4v) is 2.64. The first kappa shape index (κ1) is 15.9. The number of likely N-dealkylation sites (N-methyl/N-ethyl adjacent to an activating group) is 1. The highest BCUT2D eigenvalue weighted by atomic mass is 79.9. The second-order valence-corrected chi connectivity index (χ2v) is 5.63. The van der Waals surface area contributed by atoms with E-state index in [1.165, 1.54) is 12.1 Å². The van der Waals surface area contributed by atoms with Crippen LogP contribution in [0.5, 0.6) is 5.75 Å². The van der Waals surface area contributed by atoms with E-state index in [9.17, 15) is 8.78 Å². The van der Waals surface area contributed by atoms with Crippen molar-refractivity contribution >= 4 is 15.9 Å². The number of methoxy groups -OCH3 is 1. The summed E-state index contributed by atoms with van der Waals surface area (Å²) in [5, 5.41) is 3.16. The van der Waals surface area contributed by atoms with Crippen LogP contribution in [0.25, 0.3) is 0 Å². The first-order valence-corrected chi connectivity index (χ1v) is 7.28. The number of rotatable bonds is 5. The highest BCUT2D eigenvalue weighted by Gasteiger charge is 2.16. The van der Waals surface area contributed by atoms with Crippen molar-refractivity contribution in [3.05, 3.63) is 63.6 Å². The number of hydrogen-bond acceptors (Lipinski definition) is 2. The van der Waals surface area contributed by atoms with Crippen LogP contribution < -0.4 is 10.1 Å². The highest BCUT2D eigenvalue weighted by Crippen LogP contribution is 2.30. The lowest BCUT2D eigenvalue weighted by Crippen LogP contribution is -2.19. The number of halogens is 3. The van der Waals surface area contributed by atoms with Crippen LogP contribution in [0, 0.1) is 11.6 Å². The van der Waals surface area contributed by atoms with Crippen molar-refractivity contribution < 1.29 is 13.5 Å². The molecule has 2 aromatic carbocycles. The molecule has 0 fully saturated rings. The van der Waals surface area contributed by atoms with Crippen LogP contribution >= 0.6 is 15.9 Å². The number of ether oxygens (including phenoxy) is 1. The third kappa shape index (κ3) is 4.02. The summed E-state index contributed by atoms with van der Waals surface area (Å²) in [5.41, 5.74) is 1.53. The van der Waals surface area contributed by atoms with E-state index in [0.717, 1.165) is 21.9 Å². The highest BCUT2D eigenvalue weighted by molar-refractivity contribution is 9.10. The fourth-order valence-electron chi connectivity index (χ4n) is 2.30. The smallest absolute Gasteiger partial charge is 0.126 e. The average Bonchev–Trinajstić information content (AvgIpc) is 2.44. The maximum Gasteiger partial charge on any atom is 0.126 e. The molecule has 0 aromatic heterocycles. The van der Waals surface area contributed by atoms with Gasteiger partial charge in [0.05, 0.1) is 7.11 Å². The van der Waals surface area contributed by atoms with E-state index in [1.54, 1.807) is 7.11 Å². The quantitative estimate of drug-likeness (QED) is 0.865. The van der Waals surface area contributed by atoms with Gasteiger partial charge in [0, 0.05) is 22.1 Å². The predicted molar refractivity (Wildman–Crippen MR) is 82.6 cm³/mol. The number of nitrogens with one attached hydrogen (secondary N) is 1. The largest absolute Gasteiger partial charge is 0.496 e. The molecule has 5 heteroatoms. The van der Waals surface area contributed by atoms with Crippen LogP contribution in [0.1, 0.15) is 17.2 Å². The molecule has 0 spiro atoms. The Labute approximate surface area is 131 Å². The van der Waals surface area contributed by atoms with Gasteiger partial charge in [0.2, 0.25) is 0 Å². The van der Waals surface area contributed by atoms with Gasteiger partial charge < -0.3 is 10.1 Å². The predicted octanol–water partition coefficient (Wildman–Crippen LogP) is 4.24. The standard InChI is InChI=1S/C16H16BrF2NO/c1-20-15(7-10-5-12(18)9-13(19)6-10)14-4-3-11(17)8-16(14)21-2/h3-6,8-9,15,20H,7H2,1-2H3. The van der Waals surface area contributed by atoms with E-state index in [4.69, 9.17) is 4.74 Å². The summed E-state index contributed by atoms with van der Waals surface area (Å²) in [7, 11) is 3.40. The Morgan fingerprint density at radius 3 is 2.38 bits per heavy atom. The maximum absolute atomic E-state index is 13.3. The molecule has 2 rings (SSSR count). The van der Waals surface area contributed by atoms with E-state index in [-0.39, 0.29) is 6.04 Å². The van der Waals surface area contributed by atoms with Gasteiger partial charge in [-0.2, -0.15) is 0 Å². The van der Waals surface area contributed by atoms with Gasteiger partial charge in [-0.1, -0.05) is 22.0 Å². The first-order chi connectivity index (χ1) is 10.0. The van der Waals surface area contributed by atoms with E-state index in [1.807, 2.05) is 25.2 Å². The molecular weight excluding hydrogens is 340 g/mol. The van der Waals surface area contributed by atoms with E-state index >= 15 is 0 Å². The SMILES string of the molecule is CNC(Cc1cc(F)cc(F)c1)c1ccc(Br)cc1OC. The molecule has 0 saturated carbocycles. The van der Waals surface area contributed by atoms with Crippen molar-refractivity contribution in [2.24, 2.45) is 0 Å². The summed E-state index contributed by atoms with van der Waals surface area (Å²) in [6.45, 7) is 0. The van der Waals surface area contributed by atoms with E-state index in [0.29, 0.717) is 12.0 Å². The van der Waals surface area contributed by atoms with Gasteiger partial charge in [-0.25, -0.2) is 8.78 Å². The summed E-state index contributed by atoms with van der Waals surface area (Å²) in [5.74, 6) is -0.411. The van der Waals surface area contributed by atoms with Gasteiger partial charge in [0.25, 0.3) is 0 Å². The van der Waals surface area contributed by atoms with Crippen molar-refractivity contribution in [1.82, 2.24) is 5.32 Å². The second-order valence-electron chi connectivity index (χ2n) is 4.71. The Balaban J connectivity index is 2.31. The topological polar surface area (TPSA) is 21.3 Å². The van der Waals surface area contributed by atoms with Crippen LogP contribution in [0.4, 0.5) is 8.78 Å². The summed E-state index contributed by atoms with van der Waals surface area (Å²) < 4.78 is 32.9. The van der Waals surface area contributed by atoms with Crippen LogP contribution in [-0.2, 0) is 6.42 Å². The van der Waals surface area contributed by atoms with Crippen molar-refractivity contribution in [2.45, 2.75) is 12.5 Å². The zero-order chi connectivity index (χ0) is 15.4. The zero-order valence-electron chi connectivity index (χ0n) is 11.8. The maximum atomic E-state index is 13.3. The monoisotopic (exact) mass is 355 g/mol. The summed E-state index contributed by atoms with van der Waals surface area (Å²) in [4.78, 5) is 0. The molecule has 21 heavy (non-hydrogen) atoms. The molecule has 0 aliphatic heterocycles. The van der Waals surface area contributed by atoms with Gasteiger partial charge in [0.15, 0.2) is 0 Å². The fraction of sp³-hybridized carbons (Fsp3) is 0.250. The summed E-state index contributed by atoms with van der Waals surface area (Å²) in [6, 6.07) is 9.17. The van der Waals surface area contributed by atoms with Crippen LogP contribution in [0.15, 0.2) is 40.9 Å². The molecule has 0 bridgehead atoms. The van der Waals surface area contributed by atoms with Gasteiger partial charge in [0.1, 0.15) is 17.4 Å². The molecule has 0 amide bonds. The molecule has 0 radical (unpaired) electrons. The first-order valence-electron chi connectivity index (χ1n) is 6.49. The lowest BCUT2D eigenvalue weighted by molar-refractivity contribution is 0.401. The molecule has 0 aliphatic rings. The molecule has 1 unspecified atom stereocenters. The summed E-state index contributed by atoms with van der Waals surface area (Å²) >= 11 is 3.39. The molecule has 1 atom stereocenters. The van der Waals surface area contributed by atoms with Crippen molar-refractivity contribution in [3.63, 3.8) is 0 Å². The number of hydrogen-bond donors (Lipinski definition) is 1. The van der Waals surface area contributed by atoms with Crippen LogP contribution in [0.2, 0.25) is 0 Å². The van der Waals surface area contributed by atoms with Gasteiger partial charge in [-0.15, -0.1) is 0 Å². The lowest BCUT2D eigenvalue weighted by Gasteiger charge is -2.20. The van der Waals surface area contributed by atoms with Gasteiger partial charge >= 0.3 is 0 Å². The molecular formula is C16H16BrF2NO. The Kier molecular flexibility index (Phi) is 5.31. The third-order valence-electron chi connectivity index (χ3n) is 3.28. The molecule has 2 nitrogen and oxygen atoms in total. The molecule has 1 N–H and O–H groups in total. The third-order valence-corrected chi connectivity index (χ3v) is 3.77. The average molecular weight is 356 g/mol. The number of benzene rings is 2. The van der Waals surface area contributed by atoms with Crippen molar-refractivity contribution in [2.75, 3.05) is 14.2 Å². The molecule has 2 aromatic rings. The van der Waals surface area contributed by atoms with E-state index < -0.39 is 11.6 Å². The van der Waals surface area contributed by atoms with Gasteiger partial charge in [-0.3, -0.25) is 0 Å². The minimum absolute atomic E-state index is 0.103. The Bertz CT molecular complexity index is 613. The van der Waals surface area contributed by atoms with Crippen LogP contribution in [-0.4, -0.2) is 14.2 Å². The molecule has 0 saturated heterocycles. The molecule has 0 heterocycles. The van der Waals surface area contributed by atoms with Crippen molar-refractivity contribution in [3.8, 4) is 5.75 Å². The summed E-state index contributed by atoms with van der Waals surface area (Å²) in [6.07, 6.45) is 0.461. The van der Waals surface area contributed by atoms with Crippen molar-refractivity contribution in [1.29, 1.82) is 0 Å². The Morgan fingerprint density at radius 2 is 1.81 bits per heavy atom. The molecule has 112 valence electrons. The molecule has 0 aliphatic carbocycles. The van der Waals surface area contributed by atoms with E-state index in [2.05, 4.69) is 21.2 Å². The Morgan fingerprint density at radius 1 is 1.14 bits per heavy atom. The van der Waals surface area contributed by atoms with Gasteiger partial charge in [-0.05, 0) is 43.3 Å². The minimum Gasteiger partial charge on any atom is -0.496 e. The Hall–Kier alpha value is -1.46. The van der Waals surface area contributed by atoms with Crippen LogP contribution in [0.3, 0.4) is 0 Å². The lowest BCUT2D eigenvalue weighted by atomic mass is 9.98. The normalized spacial score (nSPS) is 12.2. The zero-order valence-corrected chi connectivity index (χ0v) is 13.4. The minimum atomic E-state index is -0.567. The second kappa shape index (κ2) is 7.00.